The Kier molecular flexibility index (Phi) is 6.10. The number of halogens is 6. The number of fused-ring (bicyclic) bond motifs is 5. The van der Waals surface area contributed by atoms with Crippen molar-refractivity contribution < 1.29 is 50.1 Å². The molecule has 2 aromatic rings. The summed E-state index contributed by atoms with van der Waals surface area (Å²) in [4.78, 5) is 27.7. The van der Waals surface area contributed by atoms with E-state index in [1.807, 2.05) is 0 Å². The van der Waals surface area contributed by atoms with Crippen molar-refractivity contribution in [3.63, 3.8) is 0 Å². The number of anilines is 1. The number of ether oxygens (including phenoxy) is 3. The second-order valence-corrected chi connectivity index (χ2v) is 9.90. The molecule has 3 aliphatic heterocycles. The zero-order valence-corrected chi connectivity index (χ0v) is 20.2. The summed E-state index contributed by atoms with van der Waals surface area (Å²) in [6.45, 7) is 1.68. The van der Waals surface area contributed by atoms with Gasteiger partial charge < -0.3 is 14.2 Å². The Morgan fingerprint density at radius 2 is 1.64 bits per heavy atom. The summed E-state index contributed by atoms with van der Waals surface area (Å²) in [6, 6.07) is 8.89. The van der Waals surface area contributed by atoms with Crippen molar-refractivity contribution in [3.05, 3.63) is 53.6 Å². The van der Waals surface area contributed by atoms with E-state index in [0.29, 0.717) is 18.9 Å². The number of hydrogen-bond donors (Lipinski definition) is 0. The van der Waals surface area contributed by atoms with Gasteiger partial charge in [0, 0.05) is 6.42 Å². The summed E-state index contributed by atoms with van der Waals surface area (Å²) in [7, 11) is 0. The SMILES string of the molecule is C[C@@]12CC[C@@](CCOc3ccc(OC(F)(F)F)cc3)(O1)[C@H]1C(=O)N(c3ccc(C#N)c(C(F)(F)F)c3)C(=O)[C@H]12. The zero-order chi connectivity index (χ0) is 28.4. The highest BCUT2D eigenvalue weighted by molar-refractivity contribution is 6.23. The maximum Gasteiger partial charge on any atom is 0.573 e. The molecule has 0 aromatic heterocycles. The molecule has 7 nitrogen and oxygen atoms in total. The molecule has 39 heavy (non-hydrogen) atoms. The number of benzene rings is 2. The van der Waals surface area contributed by atoms with Crippen LogP contribution in [-0.2, 0) is 20.5 Å². The minimum atomic E-state index is -4.87. The van der Waals surface area contributed by atoms with E-state index >= 15 is 0 Å². The summed E-state index contributed by atoms with van der Waals surface area (Å²) in [5.41, 5.74) is -4.28. The molecule has 0 saturated carbocycles. The van der Waals surface area contributed by atoms with Crippen LogP contribution in [-0.4, -0.2) is 36.0 Å². The van der Waals surface area contributed by atoms with Crippen LogP contribution < -0.4 is 14.4 Å². The molecule has 0 spiro atoms. The van der Waals surface area contributed by atoms with Crippen LogP contribution in [0.5, 0.6) is 11.5 Å². The van der Waals surface area contributed by atoms with Crippen molar-refractivity contribution >= 4 is 17.5 Å². The van der Waals surface area contributed by atoms with Gasteiger partial charge in [0.05, 0.1) is 52.5 Å². The number of carbonyl (C=O) groups excluding carboxylic acids is 2. The molecule has 2 aromatic carbocycles. The minimum absolute atomic E-state index is 0.00463. The Hall–Kier alpha value is -3.79. The van der Waals surface area contributed by atoms with E-state index in [1.54, 1.807) is 6.92 Å². The van der Waals surface area contributed by atoms with Gasteiger partial charge in [-0.3, -0.25) is 9.59 Å². The lowest BCUT2D eigenvalue weighted by Crippen LogP contribution is -2.43. The molecule has 0 aliphatic carbocycles. The molecule has 4 atom stereocenters. The number of nitriles is 1. The summed E-state index contributed by atoms with van der Waals surface area (Å²) >= 11 is 0. The fourth-order valence-electron chi connectivity index (χ4n) is 5.95. The Morgan fingerprint density at radius 3 is 2.26 bits per heavy atom. The van der Waals surface area contributed by atoms with Crippen LogP contribution in [0.4, 0.5) is 32.0 Å². The van der Waals surface area contributed by atoms with Crippen molar-refractivity contribution in [1.82, 2.24) is 0 Å². The van der Waals surface area contributed by atoms with Crippen LogP contribution in [0.25, 0.3) is 0 Å². The fourth-order valence-corrected chi connectivity index (χ4v) is 5.95. The average Bonchev–Trinajstić information content (AvgIpc) is 3.42. The third-order valence-corrected chi connectivity index (χ3v) is 7.55. The lowest BCUT2D eigenvalue weighted by molar-refractivity contribution is -0.274. The third-order valence-electron chi connectivity index (χ3n) is 7.55. The number of hydrogen-bond acceptors (Lipinski definition) is 6. The lowest BCUT2D eigenvalue weighted by Gasteiger charge is -2.31. The molecule has 5 rings (SSSR count). The molecule has 2 amide bonds. The van der Waals surface area contributed by atoms with Gasteiger partial charge in [0.15, 0.2) is 0 Å². The molecule has 13 heteroatoms. The van der Waals surface area contributed by atoms with Gasteiger partial charge in [-0.25, -0.2) is 4.90 Å². The zero-order valence-electron chi connectivity index (χ0n) is 20.2. The number of alkyl halides is 6. The van der Waals surface area contributed by atoms with Gasteiger partial charge in [0.2, 0.25) is 11.8 Å². The Morgan fingerprint density at radius 1 is 1.00 bits per heavy atom. The van der Waals surface area contributed by atoms with Crippen molar-refractivity contribution in [2.45, 2.75) is 49.9 Å². The predicted octanol–water partition coefficient (Wildman–Crippen LogP) is 5.37. The van der Waals surface area contributed by atoms with E-state index in [2.05, 4.69) is 4.74 Å². The van der Waals surface area contributed by atoms with Crippen molar-refractivity contribution in [1.29, 1.82) is 5.26 Å². The van der Waals surface area contributed by atoms with Gasteiger partial charge in [-0.1, -0.05) is 0 Å². The van der Waals surface area contributed by atoms with Crippen LogP contribution in [0.1, 0.15) is 37.3 Å². The summed E-state index contributed by atoms with van der Waals surface area (Å²) in [5.74, 6) is -3.42. The highest BCUT2D eigenvalue weighted by Gasteiger charge is 2.73. The van der Waals surface area contributed by atoms with Gasteiger partial charge >= 0.3 is 12.5 Å². The summed E-state index contributed by atoms with van der Waals surface area (Å²) in [5, 5.41) is 9.06. The molecular weight excluding hydrogens is 534 g/mol. The van der Waals surface area contributed by atoms with E-state index in [9.17, 15) is 35.9 Å². The highest BCUT2D eigenvalue weighted by Crippen LogP contribution is 2.62. The first-order valence-corrected chi connectivity index (χ1v) is 11.9. The minimum Gasteiger partial charge on any atom is -0.493 e. The van der Waals surface area contributed by atoms with Crippen LogP contribution in [0, 0.1) is 23.2 Å². The van der Waals surface area contributed by atoms with Gasteiger partial charge in [-0.15, -0.1) is 13.2 Å². The van der Waals surface area contributed by atoms with E-state index in [-0.39, 0.29) is 24.5 Å². The molecule has 3 aliphatic rings. The Balaban J connectivity index is 1.36. The molecule has 0 N–H and O–H groups in total. The molecule has 2 bridgehead atoms. The standard InChI is InChI=1S/C26H20F6N2O5/c1-23-8-9-24(39-23,10-11-37-16-4-6-17(7-5-16)38-26(30,31)32)20-19(23)21(35)34(22(20)36)15-3-2-14(13-33)18(12-15)25(27,28)29/h2-7,12,19-20H,8-11H2,1H3/t19-,20+,23-,24-/m0/s1. The monoisotopic (exact) mass is 554 g/mol. The first-order chi connectivity index (χ1) is 18.2. The number of nitrogens with zero attached hydrogens (tertiary/aromatic N) is 2. The van der Waals surface area contributed by atoms with E-state index in [0.717, 1.165) is 29.2 Å². The maximum absolute atomic E-state index is 13.6. The van der Waals surface area contributed by atoms with Crippen LogP contribution >= 0.6 is 0 Å². The molecule has 3 fully saturated rings. The van der Waals surface area contributed by atoms with E-state index in [1.165, 1.54) is 18.2 Å². The smallest absolute Gasteiger partial charge is 0.493 e. The van der Waals surface area contributed by atoms with Gasteiger partial charge in [0.1, 0.15) is 11.5 Å². The molecule has 0 radical (unpaired) electrons. The van der Waals surface area contributed by atoms with Gasteiger partial charge in [-0.05, 0) is 62.2 Å². The Labute approximate surface area is 217 Å². The van der Waals surface area contributed by atoms with Crippen molar-refractivity contribution in [2.75, 3.05) is 11.5 Å². The van der Waals surface area contributed by atoms with E-state index in [4.69, 9.17) is 14.7 Å². The number of carbonyl (C=O) groups is 2. The van der Waals surface area contributed by atoms with Crippen molar-refractivity contribution in [2.24, 2.45) is 11.8 Å². The average molecular weight is 554 g/mol. The fraction of sp³-hybridized carbons (Fsp3) is 0.423. The topological polar surface area (TPSA) is 88.9 Å². The first kappa shape index (κ1) is 26.8. The molecular formula is C26H20F6N2O5. The second-order valence-electron chi connectivity index (χ2n) is 9.90. The van der Waals surface area contributed by atoms with Crippen molar-refractivity contribution in [3.8, 4) is 17.6 Å². The summed E-state index contributed by atoms with van der Waals surface area (Å²) in [6.07, 6.45) is -8.71. The first-order valence-electron chi connectivity index (χ1n) is 11.9. The number of rotatable bonds is 6. The lowest BCUT2D eigenvalue weighted by atomic mass is 9.67. The molecule has 3 saturated heterocycles. The van der Waals surface area contributed by atoms with Gasteiger partial charge in [0.25, 0.3) is 0 Å². The highest BCUT2D eigenvalue weighted by atomic mass is 19.4. The second kappa shape index (κ2) is 8.87. The normalized spacial score (nSPS) is 28.0. The quantitative estimate of drug-likeness (QED) is 0.352. The molecule has 3 heterocycles. The number of imide groups is 1. The maximum atomic E-state index is 13.6. The van der Waals surface area contributed by atoms with E-state index < -0.39 is 64.3 Å². The summed E-state index contributed by atoms with van der Waals surface area (Å²) < 4.78 is 93.4. The predicted molar refractivity (Wildman–Crippen MR) is 120 cm³/mol. The van der Waals surface area contributed by atoms with Crippen LogP contribution in [0.15, 0.2) is 42.5 Å². The Bertz CT molecular complexity index is 1370. The largest absolute Gasteiger partial charge is 0.573 e. The third kappa shape index (κ3) is 4.56. The van der Waals surface area contributed by atoms with Crippen LogP contribution in [0.2, 0.25) is 0 Å². The number of amides is 2. The van der Waals surface area contributed by atoms with Gasteiger partial charge in [-0.2, -0.15) is 18.4 Å². The molecule has 0 unspecified atom stereocenters. The molecule has 206 valence electrons. The van der Waals surface area contributed by atoms with Crippen LogP contribution in [0.3, 0.4) is 0 Å².